The molecule has 2 heterocycles. The van der Waals surface area contributed by atoms with Crippen molar-refractivity contribution in [2.45, 2.75) is 13.0 Å². The van der Waals surface area contributed by atoms with Crippen molar-refractivity contribution in [3.8, 4) is 0 Å². The second-order valence-corrected chi connectivity index (χ2v) is 7.59. The number of hydrazine groups is 1. The largest absolute Gasteiger partial charge is 0.467 e. The van der Waals surface area contributed by atoms with E-state index in [2.05, 4.69) is 16.2 Å². The second-order valence-electron chi connectivity index (χ2n) is 6.31. The minimum atomic E-state index is -0.546. The summed E-state index contributed by atoms with van der Waals surface area (Å²) in [4.78, 5) is 38.1. The van der Waals surface area contributed by atoms with Crippen LogP contribution in [-0.2, 0) is 16.1 Å². The zero-order chi connectivity index (χ0) is 21.0. The van der Waals surface area contributed by atoms with E-state index in [0.717, 1.165) is 0 Å². The fourth-order valence-electron chi connectivity index (χ4n) is 2.80. The zero-order valence-electron chi connectivity index (χ0n) is 14.9. The number of nitrogens with zero attached hydrogens (tertiary/aromatic N) is 1. The van der Waals surface area contributed by atoms with E-state index < -0.39 is 17.7 Å². The number of carbonyl (C=O) groups is 3. The number of amides is 3. The van der Waals surface area contributed by atoms with Gasteiger partial charge in [-0.2, -0.15) is 0 Å². The first-order chi connectivity index (χ1) is 13.8. The highest BCUT2D eigenvalue weighted by Gasteiger charge is 2.34. The first kappa shape index (κ1) is 21.1. The molecule has 29 heavy (non-hydrogen) atoms. The molecular weight excluding hydrogens is 439 g/mol. The van der Waals surface area contributed by atoms with E-state index in [0.29, 0.717) is 22.4 Å². The molecule has 0 spiro atoms. The highest BCUT2D eigenvalue weighted by molar-refractivity contribution is 7.80. The Kier molecular flexibility index (Phi) is 6.73. The molecule has 3 N–H and O–H groups in total. The van der Waals surface area contributed by atoms with Gasteiger partial charge in [-0.1, -0.05) is 23.2 Å². The molecule has 1 aliphatic rings. The van der Waals surface area contributed by atoms with Crippen LogP contribution in [0.2, 0.25) is 10.0 Å². The van der Waals surface area contributed by atoms with Crippen molar-refractivity contribution in [1.29, 1.82) is 0 Å². The van der Waals surface area contributed by atoms with Gasteiger partial charge in [-0.15, -0.1) is 0 Å². The SMILES string of the molecule is O=C(NC(=S)NNC(=O)C1CC(=O)N(Cc2ccco2)C1)c1cc(Cl)cc(Cl)c1. The van der Waals surface area contributed by atoms with E-state index in [1.165, 1.54) is 24.5 Å². The van der Waals surface area contributed by atoms with E-state index in [1.807, 2.05) is 0 Å². The molecule has 1 aromatic heterocycles. The van der Waals surface area contributed by atoms with Gasteiger partial charge in [0.2, 0.25) is 11.8 Å². The van der Waals surface area contributed by atoms with Crippen molar-refractivity contribution in [3.63, 3.8) is 0 Å². The van der Waals surface area contributed by atoms with Crippen LogP contribution in [0.5, 0.6) is 0 Å². The standard InChI is InChI=1S/C18H16Cl2N4O4S/c19-12-4-10(5-13(20)7-12)16(26)21-18(29)23-22-17(27)11-6-15(25)24(8-11)9-14-2-1-3-28-14/h1-5,7,11H,6,8-9H2,(H,22,27)(H2,21,23,26,29). The Balaban J connectivity index is 1.47. The van der Waals surface area contributed by atoms with Gasteiger partial charge >= 0.3 is 0 Å². The third kappa shape index (κ3) is 5.69. The van der Waals surface area contributed by atoms with Gasteiger partial charge in [-0.3, -0.25) is 30.6 Å². The molecule has 1 aliphatic heterocycles. The number of hydrogen-bond acceptors (Lipinski definition) is 5. The quantitative estimate of drug-likeness (QED) is 0.483. The van der Waals surface area contributed by atoms with Crippen LogP contribution < -0.4 is 16.2 Å². The fourth-order valence-corrected chi connectivity index (χ4v) is 3.47. The fraction of sp³-hybridized carbons (Fsp3) is 0.222. The number of nitrogens with one attached hydrogen (secondary N) is 3. The molecule has 3 rings (SSSR count). The van der Waals surface area contributed by atoms with Gasteiger partial charge in [0.25, 0.3) is 5.91 Å². The van der Waals surface area contributed by atoms with Crippen LogP contribution in [0.4, 0.5) is 0 Å². The second kappa shape index (κ2) is 9.25. The topological polar surface area (TPSA) is 104 Å². The van der Waals surface area contributed by atoms with Gasteiger partial charge in [0, 0.05) is 28.6 Å². The van der Waals surface area contributed by atoms with Crippen LogP contribution in [0, 0.1) is 5.92 Å². The van der Waals surface area contributed by atoms with E-state index in [1.54, 1.807) is 17.0 Å². The lowest BCUT2D eigenvalue weighted by Crippen LogP contribution is -2.50. The molecule has 8 nitrogen and oxygen atoms in total. The van der Waals surface area contributed by atoms with Gasteiger partial charge < -0.3 is 9.32 Å². The molecule has 1 saturated heterocycles. The Morgan fingerprint density at radius 3 is 2.59 bits per heavy atom. The molecule has 1 fully saturated rings. The van der Waals surface area contributed by atoms with Crippen molar-refractivity contribution in [2.75, 3.05) is 6.54 Å². The summed E-state index contributed by atoms with van der Waals surface area (Å²) in [6, 6.07) is 7.85. The summed E-state index contributed by atoms with van der Waals surface area (Å²) in [5.41, 5.74) is 5.07. The summed E-state index contributed by atoms with van der Waals surface area (Å²) in [7, 11) is 0. The molecule has 0 bridgehead atoms. The summed E-state index contributed by atoms with van der Waals surface area (Å²) < 4.78 is 5.23. The summed E-state index contributed by atoms with van der Waals surface area (Å²) in [5.74, 6) is -1.00. The van der Waals surface area contributed by atoms with Crippen LogP contribution in [0.15, 0.2) is 41.0 Å². The number of rotatable bonds is 4. The molecule has 152 valence electrons. The van der Waals surface area contributed by atoms with Crippen molar-refractivity contribution in [1.82, 2.24) is 21.1 Å². The predicted molar refractivity (Wildman–Crippen MR) is 110 cm³/mol. The van der Waals surface area contributed by atoms with Gasteiger partial charge in [-0.25, -0.2) is 0 Å². The Morgan fingerprint density at radius 1 is 1.21 bits per heavy atom. The maximum atomic E-state index is 12.3. The van der Waals surface area contributed by atoms with Crippen molar-refractivity contribution >= 4 is 58.3 Å². The molecular formula is C18H16Cl2N4O4S. The van der Waals surface area contributed by atoms with Crippen molar-refractivity contribution < 1.29 is 18.8 Å². The van der Waals surface area contributed by atoms with Gasteiger partial charge in [-0.05, 0) is 42.5 Å². The lowest BCUT2D eigenvalue weighted by atomic mass is 10.1. The van der Waals surface area contributed by atoms with E-state index in [9.17, 15) is 14.4 Å². The van der Waals surface area contributed by atoms with Gasteiger partial charge in [0.15, 0.2) is 5.11 Å². The number of thiocarbonyl (C=S) groups is 1. The first-order valence-corrected chi connectivity index (χ1v) is 9.65. The summed E-state index contributed by atoms with van der Waals surface area (Å²) in [5, 5.41) is 2.90. The van der Waals surface area contributed by atoms with E-state index in [4.69, 9.17) is 39.8 Å². The average molecular weight is 455 g/mol. The smallest absolute Gasteiger partial charge is 0.257 e. The van der Waals surface area contributed by atoms with Crippen LogP contribution >= 0.6 is 35.4 Å². The number of carbonyl (C=O) groups excluding carboxylic acids is 3. The molecule has 1 unspecified atom stereocenters. The first-order valence-electron chi connectivity index (χ1n) is 8.49. The molecule has 0 saturated carbocycles. The highest BCUT2D eigenvalue weighted by Crippen LogP contribution is 2.21. The number of benzene rings is 1. The zero-order valence-corrected chi connectivity index (χ0v) is 17.2. The third-order valence-electron chi connectivity index (χ3n) is 4.16. The number of hydrogen-bond donors (Lipinski definition) is 3. The average Bonchev–Trinajstić information content (AvgIpc) is 3.29. The molecule has 11 heteroatoms. The molecule has 0 aliphatic carbocycles. The maximum Gasteiger partial charge on any atom is 0.257 e. The normalized spacial score (nSPS) is 15.9. The van der Waals surface area contributed by atoms with Gasteiger partial charge in [0.05, 0.1) is 18.7 Å². The molecule has 0 radical (unpaired) electrons. The third-order valence-corrected chi connectivity index (χ3v) is 4.80. The molecule has 1 atom stereocenters. The molecule has 3 amide bonds. The van der Waals surface area contributed by atoms with Crippen molar-refractivity contribution in [3.05, 3.63) is 58.0 Å². The van der Waals surface area contributed by atoms with Crippen LogP contribution in [0.25, 0.3) is 0 Å². The molecule has 2 aromatic rings. The monoisotopic (exact) mass is 454 g/mol. The lowest BCUT2D eigenvalue weighted by Gasteiger charge is -2.16. The summed E-state index contributed by atoms with van der Waals surface area (Å²) in [6.45, 7) is 0.562. The highest BCUT2D eigenvalue weighted by atomic mass is 35.5. The van der Waals surface area contributed by atoms with Crippen LogP contribution in [-0.4, -0.2) is 34.3 Å². The lowest BCUT2D eigenvalue weighted by molar-refractivity contribution is -0.129. The van der Waals surface area contributed by atoms with Crippen molar-refractivity contribution in [2.24, 2.45) is 5.92 Å². The maximum absolute atomic E-state index is 12.3. The van der Waals surface area contributed by atoms with E-state index >= 15 is 0 Å². The Morgan fingerprint density at radius 2 is 1.93 bits per heavy atom. The number of halogens is 2. The minimum Gasteiger partial charge on any atom is -0.467 e. The van der Waals surface area contributed by atoms with E-state index in [-0.39, 0.29) is 29.5 Å². The predicted octanol–water partition coefficient (Wildman–Crippen LogP) is 2.27. The summed E-state index contributed by atoms with van der Waals surface area (Å²) >= 11 is 16.7. The number of likely N-dealkylation sites (tertiary alicyclic amines) is 1. The number of furan rings is 1. The Labute approximate surface area is 181 Å². The van der Waals surface area contributed by atoms with Gasteiger partial charge in [0.1, 0.15) is 5.76 Å². The Hall–Kier alpha value is -2.62. The molecule has 1 aromatic carbocycles. The minimum absolute atomic E-state index is 0.0777. The van der Waals surface area contributed by atoms with Crippen LogP contribution in [0.1, 0.15) is 22.5 Å². The summed E-state index contributed by atoms with van der Waals surface area (Å²) in [6.07, 6.45) is 1.60. The van der Waals surface area contributed by atoms with Crippen LogP contribution in [0.3, 0.4) is 0 Å². The Bertz CT molecular complexity index is 931.